The van der Waals surface area contributed by atoms with E-state index in [1.165, 1.54) is 6.07 Å². The zero-order valence-corrected chi connectivity index (χ0v) is 9.91. The molecule has 4 heteroatoms. The van der Waals surface area contributed by atoms with E-state index in [1.807, 2.05) is 30.3 Å². The van der Waals surface area contributed by atoms with Crippen molar-refractivity contribution in [3.63, 3.8) is 0 Å². The van der Waals surface area contributed by atoms with E-state index < -0.39 is 0 Å². The standard InChI is InChI=1S/C13H13ClN2O/c14-11-7-13(17)9(6-12(11)15)8-16-10-4-2-1-3-5-10/h1-7,16-17H,8,15H2. The predicted molar refractivity (Wildman–Crippen MR) is 71.3 cm³/mol. The number of halogens is 1. The molecule has 4 N–H and O–H groups in total. The summed E-state index contributed by atoms with van der Waals surface area (Å²) in [4.78, 5) is 0. The van der Waals surface area contributed by atoms with Crippen molar-refractivity contribution in [1.29, 1.82) is 0 Å². The van der Waals surface area contributed by atoms with Gasteiger partial charge in [0.15, 0.2) is 0 Å². The molecule has 0 fully saturated rings. The van der Waals surface area contributed by atoms with Gasteiger partial charge in [-0.25, -0.2) is 0 Å². The zero-order chi connectivity index (χ0) is 12.3. The van der Waals surface area contributed by atoms with Gasteiger partial charge in [0.05, 0.1) is 10.7 Å². The Morgan fingerprint density at radius 2 is 1.88 bits per heavy atom. The van der Waals surface area contributed by atoms with Crippen LogP contribution in [0.4, 0.5) is 11.4 Å². The van der Waals surface area contributed by atoms with E-state index in [9.17, 15) is 5.11 Å². The first kappa shape index (κ1) is 11.6. The molecule has 2 rings (SSSR count). The second kappa shape index (κ2) is 4.97. The lowest BCUT2D eigenvalue weighted by Crippen LogP contribution is -2.00. The monoisotopic (exact) mass is 248 g/mol. The van der Waals surface area contributed by atoms with Gasteiger partial charge in [-0.2, -0.15) is 0 Å². The van der Waals surface area contributed by atoms with Gasteiger partial charge in [-0.1, -0.05) is 29.8 Å². The largest absolute Gasteiger partial charge is 0.508 e. The first-order valence-corrected chi connectivity index (χ1v) is 5.60. The molecule has 0 aliphatic rings. The van der Waals surface area contributed by atoms with Gasteiger partial charge >= 0.3 is 0 Å². The number of phenols is 1. The normalized spacial score (nSPS) is 10.2. The molecular weight excluding hydrogens is 236 g/mol. The van der Waals surface area contributed by atoms with E-state index in [2.05, 4.69) is 5.32 Å². The van der Waals surface area contributed by atoms with Crippen LogP contribution in [-0.2, 0) is 6.54 Å². The SMILES string of the molecule is Nc1cc(CNc2ccccc2)c(O)cc1Cl. The first-order valence-electron chi connectivity index (χ1n) is 5.22. The number of benzene rings is 2. The second-order valence-electron chi connectivity index (χ2n) is 3.72. The number of hydrogen-bond acceptors (Lipinski definition) is 3. The van der Waals surface area contributed by atoms with E-state index in [0.29, 0.717) is 17.3 Å². The highest BCUT2D eigenvalue weighted by Crippen LogP contribution is 2.28. The third-order valence-electron chi connectivity index (χ3n) is 2.45. The molecule has 17 heavy (non-hydrogen) atoms. The van der Waals surface area contributed by atoms with Crippen LogP contribution < -0.4 is 11.1 Å². The molecule has 0 bridgehead atoms. The minimum absolute atomic E-state index is 0.146. The summed E-state index contributed by atoms with van der Waals surface area (Å²) in [6.07, 6.45) is 0. The van der Waals surface area contributed by atoms with Crippen molar-refractivity contribution in [1.82, 2.24) is 0 Å². The Kier molecular flexibility index (Phi) is 3.40. The topological polar surface area (TPSA) is 58.3 Å². The van der Waals surface area contributed by atoms with Crippen LogP contribution in [0.25, 0.3) is 0 Å². The maximum absolute atomic E-state index is 9.71. The number of hydrogen-bond donors (Lipinski definition) is 3. The highest BCUT2D eigenvalue weighted by molar-refractivity contribution is 6.33. The number of rotatable bonds is 3. The van der Waals surface area contributed by atoms with Crippen molar-refractivity contribution in [2.45, 2.75) is 6.54 Å². The third kappa shape index (κ3) is 2.82. The molecular formula is C13H13ClN2O. The molecule has 3 nitrogen and oxygen atoms in total. The van der Waals surface area contributed by atoms with Crippen molar-refractivity contribution in [2.24, 2.45) is 0 Å². The smallest absolute Gasteiger partial charge is 0.122 e. The number of nitrogen functional groups attached to an aromatic ring is 1. The number of nitrogens with one attached hydrogen (secondary N) is 1. The van der Waals surface area contributed by atoms with Gasteiger partial charge in [0.2, 0.25) is 0 Å². The van der Waals surface area contributed by atoms with Crippen LogP contribution in [0.15, 0.2) is 42.5 Å². The molecule has 0 saturated carbocycles. The summed E-state index contributed by atoms with van der Waals surface area (Å²) in [5.74, 6) is 0.146. The van der Waals surface area contributed by atoms with Crippen LogP contribution in [0.1, 0.15) is 5.56 Å². The summed E-state index contributed by atoms with van der Waals surface area (Å²) in [6.45, 7) is 0.497. The molecule has 0 spiro atoms. The average molecular weight is 249 g/mol. The second-order valence-corrected chi connectivity index (χ2v) is 4.13. The number of aromatic hydroxyl groups is 1. The summed E-state index contributed by atoms with van der Waals surface area (Å²) in [5, 5.41) is 13.3. The van der Waals surface area contributed by atoms with Gasteiger partial charge in [0.1, 0.15) is 5.75 Å². The van der Waals surface area contributed by atoms with E-state index in [4.69, 9.17) is 17.3 Å². The van der Waals surface area contributed by atoms with E-state index >= 15 is 0 Å². The Morgan fingerprint density at radius 1 is 1.18 bits per heavy atom. The molecule has 0 saturated heterocycles. The first-order chi connectivity index (χ1) is 8.16. The van der Waals surface area contributed by atoms with Crippen LogP contribution >= 0.6 is 11.6 Å². The fourth-order valence-electron chi connectivity index (χ4n) is 1.52. The number of para-hydroxylation sites is 1. The highest BCUT2D eigenvalue weighted by atomic mass is 35.5. The van der Waals surface area contributed by atoms with E-state index in [0.717, 1.165) is 11.3 Å². The van der Waals surface area contributed by atoms with Crippen molar-refractivity contribution in [3.05, 3.63) is 53.1 Å². The molecule has 0 aromatic heterocycles. The molecule has 0 aliphatic heterocycles. The van der Waals surface area contributed by atoms with Crippen LogP contribution in [-0.4, -0.2) is 5.11 Å². The molecule has 0 radical (unpaired) electrons. The number of phenolic OH excluding ortho intramolecular Hbond substituents is 1. The van der Waals surface area contributed by atoms with E-state index in [-0.39, 0.29) is 5.75 Å². The summed E-state index contributed by atoms with van der Waals surface area (Å²) >= 11 is 5.80. The number of nitrogens with two attached hydrogens (primary N) is 1. The van der Waals surface area contributed by atoms with Crippen molar-refractivity contribution in [2.75, 3.05) is 11.1 Å². The Labute approximate surface area is 105 Å². The fraction of sp³-hybridized carbons (Fsp3) is 0.0769. The van der Waals surface area contributed by atoms with Crippen LogP contribution in [0.2, 0.25) is 5.02 Å². The third-order valence-corrected chi connectivity index (χ3v) is 2.78. The summed E-state index contributed by atoms with van der Waals surface area (Å²) in [6, 6.07) is 12.9. The maximum Gasteiger partial charge on any atom is 0.122 e. The maximum atomic E-state index is 9.71. The lowest BCUT2D eigenvalue weighted by Gasteiger charge is -2.09. The van der Waals surface area contributed by atoms with Crippen molar-refractivity contribution in [3.8, 4) is 5.75 Å². The average Bonchev–Trinajstić information content (AvgIpc) is 2.33. The van der Waals surface area contributed by atoms with Gasteiger partial charge in [-0.15, -0.1) is 0 Å². The van der Waals surface area contributed by atoms with Gasteiger partial charge < -0.3 is 16.2 Å². The Hall–Kier alpha value is -1.87. The molecule has 0 unspecified atom stereocenters. The lowest BCUT2D eigenvalue weighted by molar-refractivity contribution is 0.469. The van der Waals surface area contributed by atoms with Crippen LogP contribution in [0.3, 0.4) is 0 Å². The molecule has 0 aliphatic carbocycles. The Bertz CT molecular complexity index is 514. The predicted octanol–water partition coefficient (Wildman–Crippen LogP) is 3.24. The van der Waals surface area contributed by atoms with Crippen molar-refractivity contribution >= 4 is 23.0 Å². The Morgan fingerprint density at radius 3 is 2.59 bits per heavy atom. The quantitative estimate of drug-likeness (QED) is 0.577. The van der Waals surface area contributed by atoms with E-state index in [1.54, 1.807) is 6.07 Å². The van der Waals surface area contributed by atoms with Crippen LogP contribution in [0, 0.1) is 0 Å². The molecule has 0 heterocycles. The molecule has 2 aromatic carbocycles. The minimum Gasteiger partial charge on any atom is -0.508 e. The lowest BCUT2D eigenvalue weighted by atomic mass is 10.1. The number of anilines is 2. The fourth-order valence-corrected chi connectivity index (χ4v) is 1.68. The minimum atomic E-state index is 0.146. The summed E-state index contributed by atoms with van der Waals surface area (Å²) in [5.41, 5.74) is 7.86. The summed E-state index contributed by atoms with van der Waals surface area (Å²) < 4.78 is 0. The molecule has 0 amide bonds. The van der Waals surface area contributed by atoms with Gasteiger partial charge in [-0.05, 0) is 18.2 Å². The molecule has 2 aromatic rings. The van der Waals surface area contributed by atoms with Gasteiger partial charge in [-0.3, -0.25) is 0 Å². The Balaban J connectivity index is 2.12. The summed E-state index contributed by atoms with van der Waals surface area (Å²) in [7, 11) is 0. The molecule has 88 valence electrons. The van der Waals surface area contributed by atoms with Gasteiger partial charge in [0, 0.05) is 23.9 Å². The highest BCUT2D eigenvalue weighted by Gasteiger charge is 2.05. The molecule has 0 atom stereocenters. The van der Waals surface area contributed by atoms with Gasteiger partial charge in [0.25, 0.3) is 0 Å². The zero-order valence-electron chi connectivity index (χ0n) is 9.15. The van der Waals surface area contributed by atoms with Crippen LogP contribution in [0.5, 0.6) is 5.75 Å². The van der Waals surface area contributed by atoms with Crippen molar-refractivity contribution < 1.29 is 5.11 Å².